The summed E-state index contributed by atoms with van der Waals surface area (Å²) in [6, 6.07) is 16.7. The van der Waals surface area contributed by atoms with E-state index in [0.29, 0.717) is 0 Å². The van der Waals surface area contributed by atoms with Crippen LogP contribution < -0.4 is 4.74 Å². The second kappa shape index (κ2) is 3.67. The Labute approximate surface area is 95.7 Å². The third-order valence-corrected chi connectivity index (χ3v) is 3.18. The monoisotopic (exact) mass is 210 g/mol. The van der Waals surface area contributed by atoms with Gasteiger partial charge in [0.25, 0.3) is 0 Å². The van der Waals surface area contributed by atoms with Crippen molar-refractivity contribution in [2.24, 2.45) is 0 Å². The van der Waals surface area contributed by atoms with Gasteiger partial charge < -0.3 is 4.74 Å². The molecule has 2 aromatic carbocycles. The van der Waals surface area contributed by atoms with Crippen LogP contribution in [0.2, 0.25) is 0 Å². The molecule has 1 heteroatoms. The van der Waals surface area contributed by atoms with Crippen LogP contribution in [0.4, 0.5) is 0 Å². The van der Waals surface area contributed by atoms with Crippen molar-refractivity contribution >= 4 is 0 Å². The second-order valence-electron chi connectivity index (χ2n) is 4.27. The summed E-state index contributed by atoms with van der Waals surface area (Å²) in [6.45, 7) is 2.14. The van der Waals surface area contributed by atoms with Crippen LogP contribution in [-0.2, 0) is 6.42 Å². The molecule has 0 aliphatic carbocycles. The first-order valence-electron chi connectivity index (χ1n) is 5.65. The average molecular weight is 210 g/mol. The van der Waals surface area contributed by atoms with E-state index in [4.69, 9.17) is 4.74 Å². The highest BCUT2D eigenvalue weighted by molar-refractivity contribution is 5.41. The molecule has 80 valence electrons. The third kappa shape index (κ3) is 1.49. The molecule has 1 aliphatic heterocycles. The van der Waals surface area contributed by atoms with Crippen molar-refractivity contribution in [2.75, 3.05) is 0 Å². The zero-order valence-electron chi connectivity index (χ0n) is 9.31. The average Bonchev–Trinajstić information content (AvgIpc) is 2.73. The number of ether oxygens (including phenoxy) is 1. The molecule has 0 aromatic heterocycles. The summed E-state index contributed by atoms with van der Waals surface area (Å²) in [6.07, 6.45) is 1.18. The minimum atomic E-state index is 0.193. The van der Waals surface area contributed by atoms with Gasteiger partial charge in [-0.3, -0.25) is 0 Å². The molecule has 0 spiro atoms. The van der Waals surface area contributed by atoms with E-state index in [0.717, 1.165) is 12.2 Å². The molecule has 3 rings (SSSR count). The molecule has 0 saturated heterocycles. The van der Waals surface area contributed by atoms with Crippen molar-refractivity contribution in [3.63, 3.8) is 0 Å². The van der Waals surface area contributed by atoms with E-state index in [-0.39, 0.29) is 6.10 Å². The maximum atomic E-state index is 5.97. The first-order valence-corrected chi connectivity index (χ1v) is 5.65. The predicted octanol–water partition coefficient (Wildman–Crippen LogP) is 3.67. The maximum Gasteiger partial charge on any atom is 0.128 e. The van der Waals surface area contributed by atoms with Crippen LogP contribution in [0.3, 0.4) is 0 Å². The topological polar surface area (TPSA) is 9.23 Å². The molecular formula is C15H14O. The third-order valence-electron chi connectivity index (χ3n) is 3.18. The summed E-state index contributed by atoms with van der Waals surface area (Å²) in [4.78, 5) is 0. The van der Waals surface area contributed by atoms with Crippen LogP contribution in [0.5, 0.6) is 5.75 Å². The van der Waals surface area contributed by atoms with Gasteiger partial charge >= 0.3 is 0 Å². The fourth-order valence-corrected chi connectivity index (χ4v) is 2.30. The van der Waals surface area contributed by atoms with Gasteiger partial charge in [-0.05, 0) is 29.7 Å². The molecule has 1 aliphatic rings. The number of rotatable bonds is 1. The van der Waals surface area contributed by atoms with Gasteiger partial charge in [0.15, 0.2) is 0 Å². The number of fused-ring (bicyclic) bond motifs is 1. The van der Waals surface area contributed by atoms with Crippen molar-refractivity contribution in [2.45, 2.75) is 19.4 Å². The van der Waals surface area contributed by atoms with Gasteiger partial charge in [0.05, 0.1) is 0 Å². The standard InChI is InChI=1S/C15H14O/c1-11-6-2-4-8-13(11)15-10-12-7-3-5-9-14(12)16-15/h2-9,15H,10H2,1H3. The van der Waals surface area contributed by atoms with Crippen LogP contribution in [-0.4, -0.2) is 0 Å². The molecule has 1 nitrogen and oxygen atoms in total. The SMILES string of the molecule is Cc1ccccc1C1Cc2ccccc2O1. The molecule has 1 atom stereocenters. The Hall–Kier alpha value is -1.76. The van der Waals surface area contributed by atoms with Gasteiger partial charge in [-0.2, -0.15) is 0 Å². The lowest BCUT2D eigenvalue weighted by Crippen LogP contribution is -2.04. The normalized spacial score (nSPS) is 17.9. The Morgan fingerprint density at radius 1 is 1.00 bits per heavy atom. The van der Waals surface area contributed by atoms with Crippen LogP contribution in [0.15, 0.2) is 48.5 Å². The lowest BCUT2D eigenvalue weighted by Gasteiger charge is -2.13. The first-order chi connectivity index (χ1) is 7.84. The molecule has 0 radical (unpaired) electrons. The molecule has 0 saturated carbocycles. The smallest absolute Gasteiger partial charge is 0.128 e. The van der Waals surface area contributed by atoms with E-state index >= 15 is 0 Å². The van der Waals surface area contributed by atoms with Crippen LogP contribution in [0.25, 0.3) is 0 Å². The summed E-state index contributed by atoms with van der Waals surface area (Å²) < 4.78 is 5.97. The molecule has 16 heavy (non-hydrogen) atoms. The predicted molar refractivity (Wildman–Crippen MR) is 64.7 cm³/mol. The Kier molecular flexibility index (Phi) is 2.17. The van der Waals surface area contributed by atoms with E-state index in [1.807, 2.05) is 12.1 Å². The summed E-state index contributed by atoms with van der Waals surface area (Å²) in [5.41, 5.74) is 3.93. The van der Waals surface area contributed by atoms with E-state index in [2.05, 4.69) is 43.3 Å². The Bertz CT molecular complexity index is 491. The fraction of sp³-hybridized carbons (Fsp3) is 0.200. The van der Waals surface area contributed by atoms with Crippen molar-refractivity contribution in [3.05, 3.63) is 65.2 Å². The van der Waals surface area contributed by atoms with Crippen molar-refractivity contribution < 1.29 is 4.74 Å². The van der Waals surface area contributed by atoms with E-state index in [1.165, 1.54) is 16.7 Å². The summed E-state index contributed by atoms with van der Waals surface area (Å²) in [7, 11) is 0. The number of benzene rings is 2. The summed E-state index contributed by atoms with van der Waals surface area (Å²) in [5.74, 6) is 1.04. The van der Waals surface area contributed by atoms with E-state index < -0.39 is 0 Å². The molecule has 0 N–H and O–H groups in total. The van der Waals surface area contributed by atoms with Gasteiger partial charge in [0, 0.05) is 6.42 Å². The Morgan fingerprint density at radius 3 is 2.56 bits per heavy atom. The lowest BCUT2D eigenvalue weighted by atomic mass is 10.00. The zero-order chi connectivity index (χ0) is 11.0. The Balaban J connectivity index is 1.95. The van der Waals surface area contributed by atoms with Crippen molar-refractivity contribution in [1.29, 1.82) is 0 Å². The highest BCUT2D eigenvalue weighted by Gasteiger charge is 2.24. The minimum absolute atomic E-state index is 0.193. The van der Waals surface area contributed by atoms with Crippen molar-refractivity contribution in [3.8, 4) is 5.75 Å². The van der Waals surface area contributed by atoms with Crippen LogP contribution in [0.1, 0.15) is 22.8 Å². The minimum Gasteiger partial charge on any atom is -0.485 e. The number of hydrogen-bond acceptors (Lipinski definition) is 1. The highest BCUT2D eigenvalue weighted by atomic mass is 16.5. The zero-order valence-corrected chi connectivity index (χ0v) is 9.31. The fourth-order valence-electron chi connectivity index (χ4n) is 2.30. The molecule has 1 unspecified atom stereocenters. The molecule has 1 heterocycles. The molecule has 0 bridgehead atoms. The maximum absolute atomic E-state index is 5.97. The number of para-hydroxylation sites is 1. The molecule has 0 fully saturated rings. The lowest BCUT2D eigenvalue weighted by molar-refractivity contribution is 0.238. The molecule has 0 amide bonds. The molecule has 2 aromatic rings. The number of hydrogen-bond donors (Lipinski definition) is 0. The van der Waals surface area contributed by atoms with Crippen LogP contribution >= 0.6 is 0 Å². The van der Waals surface area contributed by atoms with Gasteiger partial charge in [0.2, 0.25) is 0 Å². The second-order valence-corrected chi connectivity index (χ2v) is 4.27. The molecular weight excluding hydrogens is 196 g/mol. The van der Waals surface area contributed by atoms with Crippen molar-refractivity contribution in [1.82, 2.24) is 0 Å². The highest BCUT2D eigenvalue weighted by Crippen LogP contribution is 2.37. The Morgan fingerprint density at radius 2 is 1.75 bits per heavy atom. The largest absolute Gasteiger partial charge is 0.485 e. The van der Waals surface area contributed by atoms with E-state index in [1.54, 1.807) is 0 Å². The summed E-state index contributed by atoms with van der Waals surface area (Å²) >= 11 is 0. The quantitative estimate of drug-likeness (QED) is 0.697. The van der Waals surface area contributed by atoms with Crippen LogP contribution in [0, 0.1) is 6.92 Å². The van der Waals surface area contributed by atoms with Gasteiger partial charge in [0.1, 0.15) is 11.9 Å². The van der Waals surface area contributed by atoms with Gasteiger partial charge in [-0.25, -0.2) is 0 Å². The van der Waals surface area contributed by atoms with E-state index in [9.17, 15) is 0 Å². The number of aryl methyl sites for hydroxylation is 1. The first kappa shape index (κ1) is 9.46. The summed E-state index contributed by atoms with van der Waals surface area (Å²) in [5, 5.41) is 0. The van der Waals surface area contributed by atoms with Gasteiger partial charge in [-0.15, -0.1) is 0 Å². The van der Waals surface area contributed by atoms with Gasteiger partial charge in [-0.1, -0.05) is 42.5 Å².